The molecule has 0 radical (unpaired) electrons. The van der Waals surface area contributed by atoms with Crippen molar-refractivity contribution in [3.05, 3.63) is 70.3 Å². The molecule has 2 aromatic carbocycles. The first-order valence-electron chi connectivity index (χ1n) is 16.4. The molecule has 3 N–H and O–H groups in total. The van der Waals surface area contributed by atoms with Gasteiger partial charge in [-0.3, -0.25) is 9.59 Å². The van der Waals surface area contributed by atoms with Crippen LogP contribution < -0.4 is 15.2 Å². The van der Waals surface area contributed by atoms with Gasteiger partial charge in [0.15, 0.2) is 0 Å². The Morgan fingerprint density at radius 2 is 1.83 bits per heavy atom. The number of rotatable bonds is 13. The number of ether oxygens (including phenoxy) is 2. The third-order valence-electron chi connectivity index (χ3n) is 9.47. The van der Waals surface area contributed by atoms with Crippen LogP contribution >= 0.6 is 19.2 Å². The predicted molar refractivity (Wildman–Crippen MR) is 183 cm³/mol. The quantitative estimate of drug-likeness (QED) is 0.0525. The van der Waals surface area contributed by atoms with Gasteiger partial charge in [-0.2, -0.15) is 0 Å². The van der Waals surface area contributed by atoms with Crippen LogP contribution in [0.25, 0.3) is 21.0 Å². The van der Waals surface area contributed by atoms with Gasteiger partial charge in [-0.05, 0) is 72.8 Å². The molecule has 1 saturated heterocycles. The Balaban J connectivity index is 1.14. The second-order valence-electron chi connectivity index (χ2n) is 12.7. The van der Waals surface area contributed by atoms with E-state index in [1.54, 1.807) is 17.4 Å². The molecule has 13 heteroatoms. The number of quaternary nitrogens is 1. The summed E-state index contributed by atoms with van der Waals surface area (Å²) in [5.74, 6) is -0.0356. The van der Waals surface area contributed by atoms with E-state index in [9.17, 15) is 23.9 Å². The highest BCUT2D eigenvalue weighted by atomic mass is 32.1. The van der Waals surface area contributed by atoms with E-state index in [4.69, 9.17) is 14.0 Å². The van der Waals surface area contributed by atoms with E-state index in [0.717, 1.165) is 68.9 Å². The fraction of sp³-hybridized carbons (Fsp3) is 0.471. The molecule has 6 rings (SSSR count). The molecule has 0 spiro atoms. The number of esters is 1. The fourth-order valence-corrected chi connectivity index (χ4v) is 8.19. The first kappa shape index (κ1) is 33.6. The van der Waals surface area contributed by atoms with E-state index in [1.807, 2.05) is 18.2 Å². The van der Waals surface area contributed by atoms with Crippen molar-refractivity contribution in [1.29, 1.82) is 0 Å². The molecule has 1 saturated carbocycles. The summed E-state index contributed by atoms with van der Waals surface area (Å²) in [5.41, 5.74) is 1.73. The van der Waals surface area contributed by atoms with Gasteiger partial charge in [0.05, 0.1) is 50.8 Å². The Labute approximate surface area is 277 Å². The minimum atomic E-state index is -4.93. The van der Waals surface area contributed by atoms with Crippen LogP contribution in [-0.4, -0.2) is 77.4 Å². The molecule has 1 aliphatic carbocycles. The number of thiophene rings is 1. The molecule has 4 aromatic rings. The van der Waals surface area contributed by atoms with E-state index in [1.165, 1.54) is 21.8 Å². The SMILES string of the molecule is O=C(OC(C[N+]1(CCCCOc2ccc3ccc(=O)[nH]c3c2)CCN(c2cccc3sccc23)CC1)OP(=O)(O)O)C1CCCCC1. The minimum absolute atomic E-state index is 0.152. The molecule has 0 bridgehead atoms. The van der Waals surface area contributed by atoms with Gasteiger partial charge in [-0.1, -0.05) is 25.3 Å². The summed E-state index contributed by atoms with van der Waals surface area (Å²) >= 11 is 1.71. The lowest BCUT2D eigenvalue weighted by atomic mass is 9.89. The van der Waals surface area contributed by atoms with Crippen LogP contribution in [0.4, 0.5) is 5.69 Å². The number of H-pyrrole nitrogens is 1. The molecular weight excluding hydrogens is 641 g/mol. The molecule has 1 atom stereocenters. The van der Waals surface area contributed by atoms with Crippen LogP contribution in [0.3, 0.4) is 0 Å². The highest BCUT2D eigenvalue weighted by molar-refractivity contribution is 7.46. The Morgan fingerprint density at radius 1 is 1.04 bits per heavy atom. The minimum Gasteiger partial charge on any atom is -0.494 e. The molecule has 11 nitrogen and oxygen atoms in total. The maximum atomic E-state index is 13.1. The molecule has 47 heavy (non-hydrogen) atoms. The van der Waals surface area contributed by atoms with Crippen LogP contribution in [0.2, 0.25) is 0 Å². The number of pyridine rings is 1. The smallest absolute Gasteiger partial charge is 0.472 e. The van der Waals surface area contributed by atoms with Crippen LogP contribution in [0.1, 0.15) is 44.9 Å². The van der Waals surface area contributed by atoms with Crippen molar-refractivity contribution in [2.45, 2.75) is 51.2 Å². The average molecular weight is 685 g/mol. The largest absolute Gasteiger partial charge is 0.494 e. The zero-order chi connectivity index (χ0) is 32.9. The number of phosphoric ester groups is 1. The van der Waals surface area contributed by atoms with Crippen LogP contribution in [0.15, 0.2) is 64.8 Å². The Hall–Kier alpha value is -3.25. The second-order valence-corrected chi connectivity index (χ2v) is 14.9. The summed E-state index contributed by atoms with van der Waals surface area (Å²) in [4.78, 5) is 49.6. The van der Waals surface area contributed by atoms with Crippen molar-refractivity contribution in [3.63, 3.8) is 0 Å². The predicted octanol–water partition coefficient (Wildman–Crippen LogP) is 5.80. The first-order chi connectivity index (χ1) is 22.7. The molecule has 2 fully saturated rings. The number of carbonyl (C=O) groups excluding carboxylic acids is 1. The fourth-order valence-electron chi connectivity index (χ4n) is 6.96. The maximum absolute atomic E-state index is 13.1. The Bertz CT molecular complexity index is 1770. The normalized spacial score (nSPS) is 18.0. The number of fused-ring (bicyclic) bond motifs is 2. The standard InChI is InChI=1S/C34H42N3O8PS/c38-32-14-12-25-11-13-27(23-29(25)35-32)43-21-5-4-18-37(19-16-36(17-20-37)30-9-6-10-31-28(30)15-22-47-31)24-33(45-46(40,41)42)44-34(39)26-7-2-1-3-8-26/h6,9-15,22-23,26,33H,1-5,7-8,16-21,24H2,(H2-,35,38,40,41,42)/p+1. The maximum Gasteiger partial charge on any atom is 0.472 e. The molecule has 0 amide bonds. The van der Waals surface area contributed by atoms with Gasteiger partial charge in [-0.15, -0.1) is 11.3 Å². The number of nitrogens with zero attached hydrogens (tertiary/aromatic N) is 2. The van der Waals surface area contributed by atoms with E-state index in [0.29, 0.717) is 36.5 Å². The van der Waals surface area contributed by atoms with Crippen molar-refractivity contribution in [1.82, 2.24) is 4.98 Å². The molecular formula is C34H43N3O8PS+. The van der Waals surface area contributed by atoms with E-state index in [2.05, 4.69) is 39.5 Å². The lowest BCUT2D eigenvalue weighted by Crippen LogP contribution is -2.63. The summed E-state index contributed by atoms with van der Waals surface area (Å²) in [6, 6.07) is 17.4. The van der Waals surface area contributed by atoms with Crippen LogP contribution in [0, 0.1) is 5.92 Å². The van der Waals surface area contributed by atoms with Crippen molar-refractivity contribution < 1.29 is 37.6 Å². The number of anilines is 1. The van der Waals surface area contributed by atoms with E-state index < -0.39 is 20.1 Å². The lowest BCUT2D eigenvalue weighted by molar-refractivity contribution is -0.933. The summed E-state index contributed by atoms with van der Waals surface area (Å²) < 4.78 is 30.7. The molecule has 3 heterocycles. The van der Waals surface area contributed by atoms with Crippen LogP contribution in [0.5, 0.6) is 5.75 Å². The highest BCUT2D eigenvalue weighted by Crippen LogP contribution is 2.39. The highest BCUT2D eigenvalue weighted by Gasteiger charge is 2.40. The van der Waals surface area contributed by atoms with Gasteiger partial charge in [0.2, 0.25) is 5.56 Å². The summed E-state index contributed by atoms with van der Waals surface area (Å²) in [6.07, 6.45) is 4.57. The van der Waals surface area contributed by atoms with Gasteiger partial charge >= 0.3 is 13.8 Å². The monoisotopic (exact) mass is 684 g/mol. The van der Waals surface area contributed by atoms with Crippen molar-refractivity contribution in [3.8, 4) is 5.75 Å². The third kappa shape index (κ3) is 8.81. The van der Waals surface area contributed by atoms with Gasteiger partial charge in [-0.25, -0.2) is 9.09 Å². The Morgan fingerprint density at radius 3 is 2.62 bits per heavy atom. The third-order valence-corrected chi connectivity index (χ3v) is 10.9. The van der Waals surface area contributed by atoms with Crippen molar-refractivity contribution >= 4 is 51.8 Å². The van der Waals surface area contributed by atoms with Gasteiger partial charge in [0, 0.05) is 27.9 Å². The van der Waals surface area contributed by atoms with E-state index >= 15 is 0 Å². The zero-order valence-corrected chi connectivity index (χ0v) is 28.1. The number of aromatic nitrogens is 1. The van der Waals surface area contributed by atoms with Gasteiger partial charge in [0.25, 0.3) is 6.29 Å². The average Bonchev–Trinajstić information content (AvgIpc) is 3.54. The number of unbranched alkanes of at least 4 members (excludes halogenated alkanes) is 1. The molecule has 2 aliphatic rings. The lowest BCUT2D eigenvalue weighted by Gasteiger charge is -2.46. The number of phosphoric acid groups is 1. The number of hydrogen-bond acceptors (Lipinski definition) is 8. The van der Waals surface area contributed by atoms with Gasteiger partial charge in [0.1, 0.15) is 12.3 Å². The second kappa shape index (κ2) is 14.9. The number of carbonyl (C=O) groups is 1. The van der Waals surface area contributed by atoms with E-state index in [-0.39, 0.29) is 18.0 Å². The Kier molecular flexibility index (Phi) is 10.7. The number of piperazine rings is 1. The van der Waals surface area contributed by atoms with Gasteiger partial charge < -0.3 is 33.6 Å². The summed E-state index contributed by atoms with van der Waals surface area (Å²) in [5, 5.41) is 4.24. The zero-order valence-electron chi connectivity index (χ0n) is 26.4. The first-order valence-corrected chi connectivity index (χ1v) is 18.8. The molecule has 1 aliphatic heterocycles. The molecule has 1 unspecified atom stereocenters. The van der Waals surface area contributed by atoms with Crippen molar-refractivity contribution in [2.75, 3.05) is 50.8 Å². The summed E-state index contributed by atoms with van der Waals surface area (Å²) in [7, 11) is -4.93. The van der Waals surface area contributed by atoms with Crippen molar-refractivity contribution in [2.24, 2.45) is 5.92 Å². The topological polar surface area (TPSA) is 138 Å². The van der Waals surface area contributed by atoms with Crippen LogP contribution in [-0.2, 0) is 18.6 Å². The number of hydrogen-bond donors (Lipinski definition) is 3. The number of aromatic amines is 1. The number of nitrogens with one attached hydrogen (secondary N) is 1. The summed E-state index contributed by atoms with van der Waals surface area (Å²) in [6.45, 7) is 4.18. The molecule has 252 valence electrons. The number of benzene rings is 2. The molecule has 2 aromatic heterocycles.